The number of rotatable bonds is 15. The maximum atomic E-state index is 13.9. The van der Waals surface area contributed by atoms with Gasteiger partial charge >= 0.3 is 53.5 Å². The Morgan fingerprint density at radius 3 is 1.46 bits per heavy atom. The number of hydrogen-bond donors (Lipinski definition) is 0. The molecule has 0 spiro atoms. The lowest BCUT2D eigenvalue weighted by Crippen LogP contribution is -2.75. The van der Waals surface area contributed by atoms with Gasteiger partial charge in [-0.05, 0) is 30.5 Å². The van der Waals surface area contributed by atoms with E-state index in [1.54, 1.807) is 0 Å². The number of alkyl halides is 16. The Labute approximate surface area is 220 Å². The molecule has 1 rings (SSSR count). The third kappa shape index (κ3) is 6.04. The maximum absolute atomic E-state index is 13.9. The molecule has 0 atom stereocenters. The van der Waals surface area contributed by atoms with Crippen LogP contribution in [0.1, 0.15) is 42.1 Å². The largest absolute Gasteiger partial charge is 0.455 e. The van der Waals surface area contributed by atoms with Gasteiger partial charge in [0.05, 0.1) is 5.56 Å². The first-order chi connectivity index (χ1) is 18.2. The summed E-state index contributed by atoms with van der Waals surface area (Å²) in [6.45, 7) is -1.35. The Balaban J connectivity index is 3.28. The fraction of sp³-hybridized carbons (Fsp3) is 0.682. The molecule has 0 aromatic heterocycles. The predicted molar refractivity (Wildman–Crippen MR) is 107 cm³/mol. The molecule has 0 aliphatic rings. The van der Waals surface area contributed by atoms with Gasteiger partial charge < -0.3 is 9.47 Å². The van der Waals surface area contributed by atoms with Crippen LogP contribution >= 0.6 is 0 Å². The quantitative estimate of drug-likeness (QED) is 0.111. The summed E-state index contributed by atoms with van der Waals surface area (Å²) in [5.74, 6) is -58.1. The van der Waals surface area contributed by atoms with Crippen LogP contribution in [0.15, 0.2) is 24.3 Å². The van der Waals surface area contributed by atoms with Gasteiger partial charge in [0.1, 0.15) is 0 Å². The highest BCUT2D eigenvalue weighted by molar-refractivity contribution is 5.89. The normalized spacial score (nSPS) is 14.8. The molecule has 1 aromatic carbocycles. The Bertz CT molecular complexity index is 1040. The number of benzene rings is 1. The van der Waals surface area contributed by atoms with Crippen LogP contribution in [-0.4, -0.2) is 67.3 Å². The van der Waals surface area contributed by atoms with Crippen molar-refractivity contribution in [2.24, 2.45) is 0 Å². The number of hydrogen-bond acceptors (Lipinski definition) is 3. The third-order valence-corrected chi connectivity index (χ3v) is 5.70. The van der Waals surface area contributed by atoms with Crippen LogP contribution < -0.4 is 0 Å². The molecule has 0 aliphatic heterocycles. The first-order valence-corrected chi connectivity index (χ1v) is 11.1. The number of carbonyl (C=O) groups is 1. The van der Waals surface area contributed by atoms with Crippen LogP contribution in [0, 0.1) is 0 Å². The molecule has 0 fully saturated rings. The van der Waals surface area contributed by atoms with Crippen molar-refractivity contribution in [1.82, 2.24) is 0 Å². The van der Waals surface area contributed by atoms with Gasteiger partial charge in [-0.1, -0.05) is 31.9 Å². The zero-order valence-corrected chi connectivity index (χ0v) is 20.6. The Morgan fingerprint density at radius 1 is 0.634 bits per heavy atom. The summed E-state index contributed by atoms with van der Waals surface area (Å²) in [5, 5.41) is 0. The van der Waals surface area contributed by atoms with Crippen LogP contribution in [-0.2, 0) is 15.9 Å². The lowest BCUT2D eigenvalue weighted by molar-refractivity contribution is -0.471. The fourth-order valence-electron chi connectivity index (χ4n) is 3.05. The standard InChI is InChI=1S/C22H20F16O3/c1-3-4-5-6-12-7-9-13(10-8-12)14(39)41-11-15(23,24)16(25,26)17(27,28)18(29,30)19(31,32)20(33,34)21(35,36)22(37,38)40-2/h7-10H,3-6,11H2,1-2H3. The second kappa shape index (κ2) is 11.7. The smallest absolute Gasteiger partial charge is 0.425 e. The van der Waals surface area contributed by atoms with Gasteiger partial charge in [-0.15, -0.1) is 0 Å². The van der Waals surface area contributed by atoms with E-state index in [1.165, 1.54) is 12.1 Å². The highest BCUT2D eigenvalue weighted by Crippen LogP contribution is 2.63. The van der Waals surface area contributed by atoms with E-state index >= 15 is 0 Å². The molecule has 19 heteroatoms. The summed E-state index contributed by atoms with van der Waals surface area (Å²) < 4.78 is 224. The van der Waals surface area contributed by atoms with Crippen molar-refractivity contribution in [2.75, 3.05) is 13.7 Å². The summed E-state index contributed by atoms with van der Waals surface area (Å²) >= 11 is 0. The topological polar surface area (TPSA) is 35.5 Å². The summed E-state index contributed by atoms with van der Waals surface area (Å²) in [4.78, 5) is 11.8. The molecule has 0 bridgehead atoms. The number of carbonyl (C=O) groups excluding carboxylic acids is 1. The average Bonchev–Trinajstić information content (AvgIpc) is 2.87. The fourth-order valence-corrected chi connectivity index (χ4v) is 3.05. The number of ether oxygens (including phenoxy) is 2. The van der Waals surface area contributed by atoms with Gasteiger partial charge in [0.2, 0.25) is 0 Å². The molecule has 0 saturated heterocycles. The monoisotopic (exact) mass is 636 g/mol. The molecule has 1 aromatic rings. The first kappa shape index (κ1) is 36.6. The van der Waals surface area contributed by atoms with Crippen LogP contribution in [0.3, 0.4) is 0 Å². The molecule has 0 saturated carbocycles. The third-order valence-electron chi connectivity index (χ3n) is 5.70. The summed E-state index contributed by atoms with van der Waals surface area (Å²) in [6, 6.07) is 4.31. The van der Waals surface area contributed by atoms with Crippen molar-refractivity contribution in [3.8, 4) is 0 Å². The van der Waals surface area contributed by atoms with Crippen molar-refractivity contribution in [3.05, 3.63) is 35.4 Å². The molecule has 0 aliphatic carbocycles. The summed E-state index contributed by atoms with van der Waals surface area (Å²) in [6.07, 6.45) is -3.96. The van der Waals surface area contributed by atoms with Crippen molar-refractivity contribution >= 4 is 5.97 Å². The zero-order chi connectivity index (χ0) is 32.5. The van der Waals surface area contributed by atoms with Gasteiger partial charge in [0.25, 0.3) is 0 Å². The number of esters is 1. The molecule has 0 unspecified atom stereocenters. The van der Waals surface area contributed by atoms with Gasteiger partial charge in [0, 0.05) is 7.11 Å². The Kier molecular flexibility index (Phi) is 10.4. The van der Waals surface area contributed by atoms with E-state index < -0.39 is 72.8 Å². The van der Waals surface area contributed by atoms with Crippen molar-refractivity contribution < 1.29 is 84.5 Å². The second-order valence-electron chi connectivity index (χ2n) is 8.60. The summed E-state index contributed by atoms with van der Waals surface area (Å²) in [5.41, 5.74) is -0.0618. The SMILES string of the molecule is CCCCCc1ccc(C(=O)OCC(F)(F)C(F)(F)C(F)(F)C(F)(F)C(F)(F)C(F)(F)C(F)(F)C(F)(F)OC)cc1. The molecule has 41 heavy (non-hydrogen) atoms. The van der Waals surface area contributed by atoms with Crippen LogP contribution in [0.5, 0.6) is 0 Å². The molecular formula is C22H20F16O3. The highest BCUT2D eigenvalue weighted by Gasteiger charge is 2.95. The van der Waals surface area contributed by atoms with E-state index in [1.807, 2.05) is 6.92 Å². The number of unbranched alkanes of at least 4 members (excludes halogenated alkanes) is 2. The van der Waals surface area contributed by atoms with E-state index in [0.717, 1.165) is 25.0 Å². The Hall–Kier alpha value is -2.47. The minimum Gasteiger partial charge on any atom is -0.455 e. The van der Waals surface area contributed by atoms with Crippen LogP contribution in [0.25, 0.3) is 0 Å². The number of halogens is 16. The molecule has 0 amide bonds. The molecule has 3 nitrogen and oxygen atoms in total. The van der Waals surface area contributed by atoms with Crippen molar-refractivity contribution in [1.29, 1.82) is 0 Å². The van der Waals surface area contributed by atoms with E-state index in [-0.39, 0.29) is 0 Å². The predicted octanol–water partition coefficient (Wildman–Crippen LogP) is 8.26. The first-order valence-electron chi connectivity index (χ1n) is 11.1. The molecule has 238 valence electrons. The minimum atomic E-state index is -8.57. The number of aryl methyl sites for hydroxylation is 1. The lowest BCUT2D eigenvalue weighted by Gasteiger charge is -2.43. The second-order valence-corrected chi connectivity index (χ2v) is 8.60. The van der Waals surface area contributed by atoms with E-state index in [2.05, 4.69) is 9.47 Å². The van der Waals surface area contributed by atoms with Gasteiger partial charge in [-0.2, -0.15) is 70.2 Å². The van der Waals surface area contributed by atoms with Gasteiger partial charge in [0.15, 0.2) is 6.61 Å². The lowest BCUT2D eigenvalue weighted by atomic mass is 9.89. The van der Waals surface area contributed by atoms with Crippen LogP contribution in [0.4, 0.5) is 70.2 Å². The molecular weight excluding hydrogens is 616 g/mol. The van der Waals surface area contributed by atoms with Crippen molar-refractivity contribution in [3.63, 3.8) is 0 Å². The van der Waals surface area contributed by atoms with Gasteiger partial charge in [-0.3, -0.25) is 0 Å². The minimum absolute atomic E-state index is 0.482. The maximum Gasteiger partial charge on any atom is 0.425 e. The molecule has 0 radical (unpaired) electrons. The molecule has 0 heterocycles. The number of methoxy groups -OCH3 is 1. The van der Waals surface area contributed by atoms with Gasteiger partial charge in [-0.25, -0.2) is 4.79 Å². The highest BCUT2D eigenvalue weighted by atomic mass is 19.4. The van der Waals surface area contributed by atoms with E-state index in [9.17, 15) is 75.0 Å². The zero-order valence-electron chi connectivity index (χ0n) is 20.6. The van der Waals surface area contributed by atoms with E-state index in [0.29, 0.717) is 18.4 Å². The average molecular weight is 636 g/mol. The van der Waals surface area contributed by atoms with Crippen LogP contribution in [0.2, 0.25) is 0 Å². The Morgan fingerprint density at radius 2 is 1.05 bits per heavy atom. The summed E-state index contributed by atoms with van der Waals surface area (Å²) in [7, 11) is -0.535. The molecule has 0 N–H and O–H groups in total. The van der Waals surface area contributed by atoms with E-state index in [4.69, 9.17) is 0 Å². The van der Waals surface area contributed by atoms with Crippen molar-refractivity contribution in [2.45, 2.75) is 80.2 Å².